The highest BCUT2D eigenvalue weighted by Crippen LogP contribution is 2.12. The van der Waals surface area contributed by atoms with Crippen LogP contribution in [0.4, 0.5) is 5.69 Å². The lowest BCUT2D eigenvalue weighted by Crippen LogP contribution is -2.45. The fraction of sp³-hybridized carbons (Fsp3) is 0.200. The number of likely N-dealkylation sites (N-methyl/N-ethyl adjacent to an activating group) is 1. The minimum Gasteiger partial charge on any atom is -0.304 e. The van der Waals surface area contributed by atoms with Crippen molar-refractivity contribution >= 4 is 17.5 Å². The molecule has 80 valence electrons. The summed E-state index contributed by atoms with van der Waals surface area (Å²) in [5.74, 6) is 3.42. The lowest BCUT2D eigenvalue weighted by Gasteiger charge is -2.19. The summed E-state index contributed by atoms with van der Waals surface area (Å²) in [4.78, 5) is 23.9. The highest BCUT2D eigenvalue weighted by Gasteiger charge is 2.20. The Kier molecular flexibility index (Phi) is 3.82. The zero-order valence-corrected chi connectivity index (χ0v) is 8.43. The lowest BCUT2D eigenvalue weighted by molar-refractivity contribution is -0.137. The van der Waals surface area contributed by atoms with Crippen LogP contribution < -0.4 is 16.2 Å². The van der Waals surface area contributed by atoms with Gasteiger partial charge in [-0.15, -0.1) is 0 Å². The van der Waals surface area contributed by atoms with E-state index in [9.17, 15) is 9.59 Å². The second-order valence-electron chi connectivity index (χ2n) is 2.86. The summed E-state index contributed by atoms with van der Waals surface area (Å²) in [5.41, 5.74) is 2.49. The highest BCUT2D eigenvalue weighted by atomic mass is 16.2. The molecule has 0 saturated carbocycles. The average Bonchev–Trinajstić information content (AvgIpc) is 2.30. The van der Waals surface area contributed by atoms with Crippen molar-refractivity contribution in [3.05, 3.63) is 30.3 Å². The van der Waals surface area contributed by atoms with Gasteiger partial charge in [-0.1, -0.05) is 18.2 Å². The van der Waals surface area contributed by atoms with Crippen molar-refractivity contribution in [1.29, 1.82) is 0 Å². The van der Waals surface area contributed by atoms with Gasteiger partial charge < -0.3 is 4.90 Å². The van der Waals surface area contributed by atoms with E-state index in [1.165, 1.54) is 4.90 Å². The zero-order chi connectivity index (χ0) is 11.3. The van der Waals surface area contributed by atoms with Crippen molar-refractivity contribution in [2.75, 3.05) is 11.4 Å². The molecule has 0 fully saturated rings. The Bertz CT molecular complexity index is 351. The van der Waals surface area contributed by atoms with Gasteiger partial charge in [0.15, 0.2) is 0 Å². The summed E-state index contributed by atoms with van der Waals surface area (Å²) in [6.45, 7) is 2.20. The van der Waals surface area contributed by atoms with Crippen LogP contribution in [-0.2, 0) is 9.59 Å². The SMILES string of the molecule is CCN(C(=O)C(=O)NN)c1ccccc1. The van der Waals surface area contributed by atoms with Gasteiger partial charge in [0.05, 0.1) is 0 Å². The molecule has 5 nitrogen and oxygen atoms in total. The first kappa shape index (κ1) is 11.2. The normalized spacial score (nSPS) is 9.47. The van der Waals surface area contributed by atoms with Gasteiger partial charge in [0.2, 0.25) is 0 Å². The van der Waals surface area contributed by atoms with E-state index in [0.717, 1.165) is 0 Å². The summed E-state index contributed by atoms with van der Waals surface area (Å²) < 4.78 is 0. The molecule has 15 heavy (non-hydrogen) atoms. The molecule has 1 rings (SSSR count). The summed E-state index contributed by atoms with van der Waals surface area (Å²) in [7, 11) is 0. The van der Waals surface area contributed by atoms with Crippen LogP contribution >= 0.6 is 0 Å². The summed E-state index contributed by atoms with van der Waals surface area (Å²) in [5, 5.41) is 0. The van der Waals surface area contributed by atoms with Gasteiger partial charge in [-0.05, 0) is 19.1 Å². The molecular weight excluding hydrogens is 194 g/mol. The van der Waals surface area contributed by atoms with Gasteiger partial charge in [-0.2, -0.15) is 0 Å². The van der Waals surface area contributed by atoms with E-state index in [2.05, 4.69) is 0 Å². The Morgan fingerprint density at radius 2 is 1.93 bits per heavy atom. The molecule has 0 spiro atoms. The van der Waals surface area contributed by atoms with Gasteiger partial charge in [0.1, 0.15) is 0 Å². The van der Waals surface area contributed by atoms with Crippen LogP contribution in [0.25, 0.3) is 0 Å². The molecule has 0 bridgehead atoms. The van der Waals surface area contributed by atoms with Crippen molar-refractivity contribution in [3.8, 4) is 0 Å². The maximum absolute atomic E-state index is 11.5. The maximum atomic E-state index is 11.5. The molecule has 0 aromatic heterocycles. The molecule has 0 aliphatic carbocycles. The van der Waals surface area contributed by atoms with E-state index in [-0.39, 0.29) is 0 Å². The molecule has 0 unspecified atom stereocenters. The van der Waals surface area contributed by atoms with Crippen LogP contribution in [0.3, 0.4) is 0 Å². The highest BCUT2D eigenvalue weighted by molar-refractivity contribution is 6.40. The molecule has 0 aliphatic heterocycles. The first-order chi connectivity index (χ1) is 7.20. The van der Waals surface area contributed by atoms with Crippen LogP contribution in [0.5, 0.6) is 0 Å². The summed E-state index contributed by atoms with van der Waals surface area (Å²) in [6, 6.07) is 8.94. The van der Waals surface area contributed by atoms with Crippen molar-refractivity contribution in [3.63, 3.8) is 0 Å². The molecule has 2 amide bonds. The Morgan fingerprint density at radius 3 is 2.40 bits per heavy atom. The van der Waals surface area contributed by atoms with E-state index in [1.807, 2.05) is 11.5 Å². The van der Waals surface area contributed by atoms with E-state index >= 15 is 0 Å². The molecule has 3 N–H and O–H groups in total. The predicted octanol–water partition coefficient (Wildman–Crippen LogP) is 0.0294. The summed E-state index contributed by atoms with van der Waals surface area (Å²) in [6.07, 6.45) is 0. The number of anilines is 1. The average molecular weight is 207 g/mol. The third-order valence-corrected chi connectivity index (χ3v) is 1.95. The largest absolute Gasteiger partial charge is 0.323 e. The first-order valence-electron chi connectivity index (χ1n) is 4.58. The van der Waals surface area contributed by atoms with Crippen LogP contribution in [0.2, 0.25) is 0 Å². The van der Waals surface area contributed by atoms with E-state index in [4.69, 9.17) is 5.84 Å². The van der Waals surface area contributed by atoms with Crippen LogP contribution in [0.1, 0.15) is 6.92 Å². The summed E-state index contributed by atoms with van der Waals surface area (Å²) >= 11 is 0. The van der Waals surface area contributed by atoms with Gasteiger partial charge in [0.25, 0.3) is 0 Å². The number of benzene rings is 1. The molecule has 0 radical (unpaired) electrons. The number of para-hydroxylation sites is 1. The van der Waals surface area contributed by atoms with Gasteiger partial charge in [-0.25, -0.2) is 5.84 Å². The van der Waals surface area contributed by atoms with Crippen molar-refractivity contribution in [2.24, 2.45) is 5.84 Å². The lowest BCUT2D eigenvalue weighted by atomic mass is 10.3. The van der Waals surface area contributed by atoms with Crippen LogP contribution in [0, 0.1) is 0 Å². The minimum atomic E-state index is -0.819. The number of hydrogen-bond donors (Lipinski definition) is 2. The van der Waals surface area contributed by atoms with E-state index in [0.29, 0.717) is 12.2 Å². The number of nitrogens with two attached hydrogens (primary N) is 1. The number of hydrazine groups is 1. The molecular formula is C10H13N3O2. The molecule has 0 atom stereocenters. The smallest absolute Gasteiger partial charge is 0.304 e. The monoisotopic (exact) mass is 207 g/mol. The fourth-order valence-electron chi connectivity index (χ4n) is 1.24. The number of rotatable bonds is 2. The fourth-order valence-corrected chi connectivity index (χ4v) is 1.24. The third kappa shape index (κ3) is 2.54. The predicted molar refractivity (Wildman–Crippen MR) is 56.8 cm³/mol. The van der Waals surface area contributed by atoms with Crippen molar-refractivity contribution in [2.45, 2.75) is 6.92 Å². The number of nitrogens with zero attached hydrogens (tertiary/aromatic N) is 1. The quantitative estimate of drug-likeness (QED) is 0.311. The second kappa shape index (κ2) is 5.11. The first-order valence-corrected chi connectivity index (χ1v) is 4.58. The van der Waals surface area contributed by atoms with Gasteiger partial charge >= 0.3 is 11.8 Å². The molecule has 0 saturated heterocycles. The number of carbonyl (C=O) groups is 2. The Labute approximate surface area is 87.8 Å². The van der Waals surface area contributed by atoms with E-state index in [1.54, 1.807) is 31.2 Å². The van der Waals surface area contributed by atoms with Crippen molar-refractivity contribution in [1.82, 2.24) is 5.43 Å². The molecule has 5 heteroatoms. The standard InChI is InChI=1S/C10H13N3O2/c1-2-13(10(15)9(14)12-11)8-6-4-3-5-7-8/h3-7H,2,11H2,1H3,(H,12,14). The Hall–Kier alpha value is -1.88. The van der Waals surface area contributed by atoms with Crippen LogP contribution in [-0.4, -0.2) is 18.4 Å². The molecule has 1 aromatic carbocycles. The Morgan fingerprint density at radius 1 is 1.33 bits per heavy atom. The Balaban J connectivity index is 2.90. The molecule has 0 aliphatic rings. The van der Waals surface area contributed by atoms with Gasteiger partial charge in [0, 0.05) is 12.2 Å². The second-order valence-corrected chi connectivity index (χ2v) is 2.86. The minimum absolute atomic E-state index is 0.413. The molecule has 1 aromatic rings. The molecule has 0 heterocycles. The number of nitrogens with one attached hydrogen (secondary N) is 1. The van der Waals surface area contributed by atoms with Crippen molar-refractivity contribution < 1.29 is 9.59 Å². The number of amides is 2. The number of hydrogen-bond acceptors (Lipinski definition) is 3. The zero-order valence-electron chi connectivity index (χ0n) is 8.43. The third-order valence-electron chi connectivity index (χ3n) is 1.95. The maximum Gasteiger partial charge on any atom is 0.323 e. The van der Waals surface area contributed by atoms with Gasteiger partial charge in [-0.3, -0.25) is 15.0 Å². The van der Waals surface area contributed by atoms with E-state index < -0.39 is 11.8 Å². The van der Waals surface area contributed by atoms with Crippen LogP contribution in [0.15, 0.2) is 30.3 Å². The number of carbonyl (C=O) groups excluding carboxylic acids is 2. The topological polar surface area (TPSA) is 75.4 Å².